The number of benzene rings is 1. The lowest BCUT2D eigenvalue weighted by Gasteiger charge is -2.24. The van der Waals surface area contributed by atoms with Crippen LogP contribution in [0.1, 0.15) is 24.5 Å². The predicted molar refractivity (Wildman–Crippen MR) is 68.7 cm³/mol. The van der Waals surface area contributed by atoms with Gasteiger partial charge >= 0.3 is 0 Å². The van der Waals surface area contributed by atoms with Crippen molar-refractivity contribution in [1.29, 1.82) is 0 Å². The lowest BCUT2D eigenvalue weighted by atomic mass is 10.1. The van der Waals surface area contributed by atoms with Crippen LogP contribution in [0.2, 0.25) is 0 Å². The molecule has 3 nitrogen and oxygen atoms in total. The van der Waals surface area contributed by atoms with Crippen LogP contribution in [0, 0.1) is 6.92 Å². The van der Waals surface area contributed by atoms with Gasteiger partial charge in [0.25, 0.3) is 0 Å². The van der Waals surface area contributed by atoms with E-state index in [0.717, 1.165) is 13.0 Å². The van der Waals surface area contributed by atoms with Gasteiger partial charge in [-0.05, 0) is 36.6 Å². The molecule has 90 valence electrons. The normalized spacial score (nSPS) is 10.5. The molecule has 0 aliphatic carbocycles. The molecule has 1 rings (SSSR count). The quantitative estimate of drug-likeness (QED) is 0.769. The zero-order valence-electron chi connectivity index (χ0n) is 10.2. The third-order valence-electron chi connectivity index (χ3n) is 2.77. The van der Waals surface area contributed by atoms with E-state index in [1.807, 2.05) is 0 Å². The number of nitrogens with two attached hydrogens (primary N) is 1. The summed E-state index contributed by atoms with van der Waals surface area (Å²) in [6, 6.07) is 6.30. The van der Waals surface area contributed by atoms with E-state index < -0.39 is 0 Å². The Morgan fingerprint density at radius 3 is 2.56 bits per heavy atom. The van der Waals surface area contributed by atoms with Crippen molar-refractivity contribution in [3.8, 4) is 0 Å². The second-order valence-corrected chi connectivity index (χ2v) is 4.03. The van der Waals surface area contributed by atoms with Crippen LogP contribution < -0.4 is 10.6 Å². The van der Waals surface area contributed by atoms with Crippen LogP contribution in [0.4, 0.5) is 5.69 Å². The van der Waals surface area contributed by atoms with Crippen LogP contribution in [-0.2, 0) is 6.54 Å². The molecule has 0 saturated heterocycles. The van der Waals surface area contributed by atoms with Crippen LogP contribution in [-0.4, -0.2) is 24.8 Å². The van der Waals surface area contributed by atoms with Gasteiger partial charge in [0.2, 0.25) is 0 Å². The van der Waals surface area contributed by atoms with Crippen molar-refractivity contribution in [1.82, 2.24) is 0 Å². The molecule has 16 heavy (non-hydrogen) atoms. The Labute approximate surface area is 97.9 Å². The lowest BCUT2D eigenvalue weighted by Crippen LogP contribution is -2.27. The molecular formula is C13H22N2O. The number of rotatable bonds is 6. The van der Waals surface area contributed by atoms with E-state index in [4.69, 9.17) is 10.8 Å². The third kappa shape index (κ3) is 3.22. The van der Waals surface area contributed by atoms with Crippen LogP contribution in [0.15, 0.2) is 18.2 Å². The van der Waals surface area contributed by atoms with Crippen molar-refractivity contribution in [2.24, 2.45) is 5.73 Å². The molecule has 0 fully saturated rings. The summed E-state index contributed by atoms with van der Waals surface area (Å²) in [6.45, 7) is 6.66. The van der Waals surface area contributed by atoms with Gasteiger partial charge in [-0.25, -0.2) is 0 Å². The van der Waals surface area contributed by atoms with Crippen molar-refractivity contribution >= 4 is 5.69 Å². The molecule has 3 N–H and O–H groups in total. The molecule has 0 amide bonds. The van der Waals surface area contributed by atoms with E-state index in [1.165, 1.54) is 16.8 Å². The molecule has 0 aliphatic heterocycles. The Hall–Kier alpha value is -1.06. The summed E-state index contributed by atoms with van der Waals surface area (Å²) in [5, 5.41) is 9.03. The number of hydrogen-bond acceptors (Lipinski definition) is 3. The molecule has 0 unspecified atom stereocenters. The molecule has 0 radical (unpaired) electrons. The average molecular weight is 222 g/mol. The third-order valence-corrected chi connectivity index (χ3v) is 2.77. The van der Waals surface area contributed by atoms with Gasteiger partial charge < -0.3 is 15.7 Å². The zero-order chi connectivity index (χ0) is 12.0. The molecular weight excluding hydrogens is 200 g/mol. The van der Waals surface area contributed by atoms with E-state index in [1.54, 1.807) is 0 Å². The first kappa shape index (κ1) is 13.0. The van der Waals surface area contributed by atoms with Gasteiger partial charge in [-0.1, -0.05) is 13.0 Å². The Morgan fingerprint density at radius 1 is 1.31 bits per heavy atom. The Morgan fingerprint density at radius 2 is 2.06 bits per heavy atom. The van der Waals surface area contributed by atoms with E-state index in [9.17, 15) is 0 Å². The fourth-order valence-electron chi connectivity index (χ4n) is 1.87. The summed E-state index contributed by atoms with van der Waals surface area (Å²) in [4.78, 5) is 2.20. The van der Waals surface area contributed by atoms with Crippen LogP contribution >= 0.6 is 0 Å². The molecule has 0 heterocycles. The molecule has 0 saturated carbocycles. The molecule has 1 aromatic carbocycles. The fraction of sp³-hybridized carbons (Fsp3) is 0.538. The number of anilines is 1. The highest BCUT2D eigenvalue weighted by atomic mass is 16.3. The molecule has 3 heteroatoms. The second kappa shape index (κ2) is 6.51. The Kier molecular flexibility index (Phi) is 5.29. The number of aliphatic hydroxyl groups excluding tert-OH is 1. The van der Waals surface area contributed by atoms with Crippen molar-refractivity contribution in [2.75, 3.05) is 24.6 Å². The highest BCUT2D eigenvalue weighted by Gasteiger charge is 2.06. The second-order valence-electron chi connectivity index (χ2n) is 4.03. The molecule has 0 bridgehead atoms. The van der Waals surface area contributed by atoms with Gasteiger partial charge in [-0.3, -0.25) is 0 Å². The van der Waals surface area contributed by atoms with Gasteiger partial charge in [0.15, 0.2) is 0 Å². The first-order valence-electron chi connectivity index (χ1n) is 5.88. The maximum Gasteiger partial charge on any atom is 0.0606 e. The summed E-state index contributed by atoms with van der Waals surface area (Å²) in [6.07, 6.45) is 1.08. The smallest absolute Gasteiger partial charge is 0.0606 e. The van der Waals surface area contributed by atoms with E-state index in [-0.39, 0.29) is 6.61 Å². The standard InChI is InChI=1S/C13H22N2O/c1-3-6-15(7-8-16)13-5-4-12(10-14)11(2)9-13/h4-5,9,16H,3,6-8,10,14H2,1-2H3. The maximum absolute atomic E-state index is 9.03. The van der Waals surface area contributed by atoms with Crippen LogP contribution in [0.25, 0.3) is 0 Å². The number of aryl methyl sites for hydroxylation is 1. The maximum atomic E-state index is 9.03. The van der Waals surface area contributed by atoms with E-state index in [0.29, 0.717) is 13.1 Å². The fourth-order valence-corrected chi connectivity index (χ4v) is 1.87. The summed E-state index contributed by atoms with van der Waals surface area (Å²) in [5.74, 6) is 0. The summed E-state index contributed by atoms with van der Waals surface area (Å²) in [5.41, 5.74) is 9.22. The topological polar surface area (TPSA) is 49.5 Å². The summed E-state index contributed by atoms with van der Waals surface area (Å²) < 4.78 is 0. The highest BCUT2D eigenvalue weighted by Crippen LogP contribution is 2.19. The Balaban J connectivity index is 2.87. The SMILES string of the molecule is CCCN(CCO)c1ccc(CN)c(C)c1. The molecule has 0 atom stereocenters. The highest BCUT2D eigenvalue weighted by molar-refractivity contribution is 5.50. The van der Waals surface area contributed by atoms with Crippen molar-refractivity contribution < 1.29 is 5.11 Å². The Bertz CT molecular complexity index is 320. The largest absolute Gasteiger partial charge is 0.395 e. The van der Waals surface area contributed by atoms with Crippen LogP contribution in [0.3, 0.4) is 0 Å². The first-order valence-corrected chi connectivity index (χ1v) is 5.88. The minimum absolute atomic E-state index is 0.192. The summed E-state index contributed by atoms with van der Waals surface area (Å²) >= 11 is 0. The minimum Gasteiger partial charge on any atom is -0.395 e. The molecule has 0 aromatic heterocycles. The van der Waals surface area contributed by atoms with E-state index in [2.05, 4.69) is 36.9 Å². The van der Waals surface area contributed by atoms with Crippen molar-refractivity contribution in [2.45, 2.75) is 26.8 Å². The van der Waals surface area contributed by atoms with Crippen molar-refractivity contribution in [3.63, 3.8) is 0 Å². The lowest BCUT2D eigenvalue weighted by molar-refractivity contribution is 0.302. The number of aliphatic hydroxyl groups is 1. The average Bonchev–Trinajstić information content (AvgIpc) is 2.28. The van der Waals surface area contributed by atoms with Gasteiger partial charge in [0.1, 0.15) is 0 Å². The van der Waals surface area contributed by atoms with Gasteiger partial charge in [0.05, 0.1) is 6.61 Å². The van der Waals surface area contributed by atoms with Gasteiger partial charge in [0, 0.05) is 25.3 Å². The number of hydrogen-bond donors (Lipinski definition) is 2. The summed E-state index contributed by atoms with van der Waals surface area (Å²) in [7, 11) is 0. The van der Waals surface area contributed by atoms with Crippen LogP contribution in [0.5, 0.6) is 0 Å². The molecule has 1 aromatic rings. The van der Waals surface area contributed by atoms with E-state index >= 15 is 0 Å². The zero-order valence-corrected chi connectivity index (χ0v) is 10.2. The number of nitrogens with zero attached hydrogens (tertiary/aromatic N) is 1. The van der Waals surface area contributed by atoms with Gasteiger partial charge in [-0.15, -0.1) is 0 Å². The van der Waals surface area contributed by atoms with Gasteiger partial charge in [-0.2, -0.15) is 0 Å². The first-order chi connectivity index (χ1) is 7.72. The minimum atomic E-state index is 0.192. The van der Waals surface area contributed by atoms with Crippen molar-refractivity contribution in [3.05, 3.63) is 29.3 Å². The monoisotopic (exact) mass is 222 g/mol. The predicted octanol–water partition coefficient (Wildman–Crippen LogP) is 1.66. The molecule has 0 spiro atoms. The molecule has 0 aliphatic rings.